The highest BCUT2D eigenvalue weighted by molar-refractivity contribution is 9.10. The van der Waals surface area contributed by atoms with Gasteiger partial charge in [0.25, 0.3) is 5.91 Å². The van der Waals surface area contributed by atoms with Crippen molar-refractivity contribution < 1.29 is 9.59 Å². The van der Waals surface area contributed by atoms with E-state index in [0.29, 0.717) is 24.4 Å². The second kappa shape index (κ2) is 9.71. The molecule has 0 aliphatic rings. The van der Waals surface area contributed by atoms with E-state index in [2.05, 4.69) is 31.7 Å². The third-order valence-corrected chi connectivity index (χ3v) is 5.11. The molecule has 2 N–H and O–H groups in total. The standard InChI is InChI=1S/C23H25BrN4O2/c1-15(2)11-22(29)27-19-6-4-5-17(12-19)13-25-23(30)21-14-26-28(16(21)3)20-9-7-18(24)8-10-20/h4-10,12,14-15H,11,13H2,1-3H3,(H,25,30)(H,27,29). The largest absolute Gasteiger partial charge is 0.348 e. The summed E-state index contributed by atoms with van der Waals surface area (Å²) in [4.78, 5) is 24.6. The summed E-state index contributed by atoms with van der Waals surface area (Å²) in [5.74, 6) is 0.0984. The molecule has 0 radical (unpaired) electrons. The van der Waals surface area contributed by atoms with Crippen LogP contribution in [0.4, 0.5) is 5.69 Å². The van der Waals surface area contributed by atoms with Crippen LogP contribution < -0.4 is 10.6 Å². The molecular formula is C23H25BrN4O2. The maximum Gasteiger partial charge on any atom is 0.255 e. The van der Waals surface area contributed by atoms with E-state index >= 15 is 0 Å². The minimum Gasteiger partial charge on any atom is -0.348 e. The van der Waals surface area contributed by atoms with Crippen molar-refractivity contribution in [3.05, 3.63) is 76.0 Å². The molecule has 0 spiro atoms. The molecule has 0 saturated carbocycles. The van der Waals surface area contributed by atoms with E-state index < -0.39 is 0 Å². The quantitative estimate of drug-likeness (QED) is 0.519. The summed E-state index contributed by atoms with van der Waals surface area (Å²) in [7, 11) is 0. The molecule has 2 amide bonds. The van der Waals surface area contributed by atoms with Crippen molar-refractivity contribution in [1.29, 1.82) is 0 Å². The van der Waals surface area contributed by atoms with Gasteiger partial charge in [-0.1, -0.05) is 41.9 Å². The Morgan fingerprint density at radius 1 is 1.13 bits per heavy atom. The number of hydrogen-bond acceptors (Lipinski definition) is 3. The number of nitrogens with one attached hydrogen (secondary N) is 2. The van der Waals surface area contributed by atoms with Gasteiger partial charge >= 0.3 is 0 Å². The van der Waals surface area contributed by atoms with Gasteiger partial charge in [0.1, 0.15) is 0 Å². The van der Waals surface area contributed by atoms with E-state index in [4.69, 9.17) is 0 Å². The van der Waals surface area contributed by atoms with Crippen LogP contribution in [0.25, 0.3) is 5.69 Å². The SMILES string of the molecule is Cc1c(C(=O)NCc2cccc(NC(=O)CC(C)C)c2)cnn1-c1ccc(Br)cc1. The van der Waals surface area contributed by atoms with Crippen LogP contribution in [0, 0.1) is 12.8 Å². The molecule has 7 heteroatoms. The Balaban J connectivity index is 1.64. The van der Waals surface area contributed by atoms with E-state index in [1.54, 1.807) is 10.9 Å². The Morgan fingerprint density at radius 2 is 1.87 bits per heavy atom. The molecule has 30 heavy (non-hydrogen) atoms. The number of nitrogens with zero attached hydrogens (tertiary/aromatic N) is 2. The molecule has 2 aromatic carbocycles. The van der Waals surface area contributed by atoms with Gasteiger partial charge in [-0.2, -0.15) is 5.10 Å². The topological polar surface area (TPSA) is 76.0 Å². The number of rotatable bonds is 7. The zero-order valence-corrected chi connectivity index (χ0v) is 18.9. The maximum absolute atomic E-state index is 12.7. The molecular weight excluding hydrogens is 444 g/mol. The number of aromatic nitrogens is 2. The number of anilines is 1. The Labute approximate surface area is 184 Å². The van der Waals surface area contributed by atoms with E-state index in [1.807, 2.05) is 69.3 Å². The molecule has 0 aliphatic carbocycles. The van der Waals surface area contributed by atoms with Crippen molar-refractivity contribution in [3.8, 4) is 5.69 Å². The van der Waals surface area contributed by atoms with Crippen molar-refractivity contribution >= 4 is 33.4 Å². The van der Waals surface area contributed by atoms with Gasteiger partial charge in [-0.15, -0.1) is 0 Å². The van der Waals surface area contributed by atoms with Crippen LogP contribution in [0.5, 0.6) is 0 Å². The Morgan fingerprint density at radius 3 is 2.57 bits per heavy atom. The normalized spacial score (nSPS) is 10.8. The molecule has 3 rings (SSSR count). The van der Waals surface area contributed by atoms with Gasteiger partial charge in [-0.3, -0.25) is 9.59 Å². The van der Waals surface area contributed by atoms with E-state index in [9.17, 15) is 9.59 Å². The van der Waals surface area contributed by atoms with E-state index in [1.165, 1.54) is 0 Å². The second-order valence-corrected chi connectivity index (χ2v) is 8.48. The number of carbonyl (C=O) groups is 2. The van der Waals surface area contributed by atoms with Crippen molar-refractivity contribution in [3.63, 3.8) is 0 Å². The molecule has 1 aromatic heterocycles. The van der Waals surface area contributed by atoms with Gasteiger partial charge in [0.2, 0.25) is 5.91 Å². The third kappa shape index (κ3) is 5.57. The highest BCUT2D eigenvalue weighted by atomic mass is 79.9. The van der Waals surface area contributed by atoms with Crippen LogP contribution in [-0.4, -0.2) is 21.6 Å². The van der Waals surface area contributed by atoms with Gasteiger partial charge in [0, 0.05) is 23.1 Å². The zero-order valence-electron chi connectivity index (χ0n) is 17.3. The molecule has 0 atom stereocenters. The van der Waals surface area contributed by atoms with Crippen molar-refractivity contribution in [2.24, 2.45) is 5.92 Å². The summed E-state index contributed by atoms with van der Waals surface area (Å²) in [6.45, 7) is 6.24. The highest BCUT2D eigenvalue weighted by Gasteiger charge is 2.15. The van der Waals surface area contributed by atoms with Gasteiger partial charge < -0.3 is 10.6 Å². The second-order valence-electron chi connectivity index (χ2n) is 7.56. The predicted molar refractivity (Wildman–Crippen MR) is 122 cm³/mol. The lowest BCUT2D eigenvalue weighted by Crippen LogP contribution is -2.23. The first kappa shape index (κ1) is 21.8. The lowest BCUT2D eigenvalue weighted by atomic mass is 10.1. The zero-order chi connectivity index (χ0) is 21.7. The predicted octanol–water partition coefficient (Wildman–Crippen LogP) is 4.86. The highest BCUT2D eigenvalue weighted by Crippen LogP contribution is 2.18. The summed E-state index contributed by atoms with van der Waals surface area (Å²) >= 11 is 3.42. The Bertz CT molecular complexity index is 1040. The van der Waals surface area contributed by atoms with Gasteiger partial charge in [-0.05, 0) is 54.8 Å². The number of hydrogen-bond donors (Lipinski definition) is 2. The van der Waals surface area contributed by atoms with E-state index in [-0.39, 0.29) is 11.8 Å². The average Bonchev–Trinajstić information content (AvgIpc) is 3.08. The van der Waals surface area contributed by atoms with Crippen LogP contribution in [0.15, 0.2) is 59.2 Å². The number of amides is 2. The van der Waals surface area contributed by atoms with Crippen LogP contribution in [0.1, 0.15) is 41.9 Å². The summed E-state index contributed by atoms with van der Waals surface area (Å²) in [6.07, 6.45) is 2.05. The Hall–Kier alpha value is -2.93. The summed E-state index contributed by atoms with van der Waals surface area (Å²) in [5, 5.41) is 10.2. The molecule has 0 saturated heterocycles. The summed E-state index contributed by atoms with van der Waals surface area (Å²) < 4.78 is 2.73. The summed E-state index contributed by atoms with van der Waals surface area (Å²) in [5.41, 5.74) is 3.82. The first-order chi connectivity index (χ1) is 14.3. The molecule has 3 aromatic rings. The van der Waals surface area contributed by atoms with Crippen LogP contribution >= 0.6 is 15.9 Å². The molecule has 0 unspecified atom stereocenters. The number of benzene rings is 2. The van der Waals surface area contributed by atoms with Gasteiger partial charge in [-0.25, -0.2) is 4.68 Å². The lowest BCUT2D eigenvalue weighted by Gasteiger charge is -2.10. The lowest BCUT2D eigenvalue weighted by molar-refractivity contribution is -0.116. The van der Waals surface area contributed by atoms with Gasteiger partial charge in [0.05, 0.1) is 23.1 Å². The molecule has 0 bridgehead atoms. The molecule has 6 nitrogen and oxygen atoms in total. The monoisotopic (exact) mass is 468 g/mol. The number of carbonyl (C=O) groups excluding carboxylic acids is 2. The molecule has 0 fully saturated rings. The molecule has 0 aliphatic heterocycles. The summed E-state index contributed by atoms with van der Waals surface area (Å²) in [6, 6.07) is 15.2. The van der Waals surface area contributed by atoms with Crippen molar-refractivity contribution in [1.82, 2.24) is 15.1 Å². The first-order valence-electron chi connectivity index (χ1n) is 9.81. The molecule has 156 valence electrons. The van der Waals surface area contributed by atoms with Crippen molar-refractivity contribution in [2.45, 2.75) is 33.7 Å². The minimum atomic E-state index is -0.190. The fourth-order valence-electron chi connectivity index (χ4n) is 3.09. The minimum absolute atomic E-state index is 0.0119. The van der Waals surface area contributed by atoms with E-state index in [0.717, 1.165) is 27.1 Å². The van der Waals surface area contributed by atoms with Gasteiger partial charge in [0.15, 0.2) is 0 Å². The maximum atomic E-state index is 12.7. The fraction of sp³-hybridized carbons (Fsp3) is 0.261. The van der Waals surface area contributed by atoms with Crippen LogP contribution in [-0.2, 0) is 11.3 Å². The first-order valence-corrected chi connectivity index (χ1v) is 10.6. The average molecular weight is 469 g/mol. The number of halogens is 1. The molecule has 1 heterocycles. The Kier molecular flexibility index (Phi) is 7.05. The van der Waals surface area contributed by atoms with Crippen molar-refractivity contribution in [2.75, 3.05) is 5.32 Å². The smallest absolute Gasteiger partial charge is 0.255 e. The van der Waals surface area contributed by atoms with Crippen LogP contribution in [0.2, 0.25) is 0 Å². The fourth-order valence-corrected chi connectivity index (χ4v) is 3.36. The van der Waals surface area contributed by atoms with Crippen LogP contribution in [0.3, 0.4) is 0 Å². The third-order valence-electron chi connectivity index (χ3n) is 4.58.